The van der Waals surface area contributed by atoms with Crippen molar-refractivity contribution in [3.63, 3.8) is 0 Å². The predicted molar refractivity (Wildman–Crippen MR) is 75.0 cm³/mol. The molecule has 0 aliphatic carbocycles. The molecule has 8 nitrogen and oxygen atoms in total. The summed E-state index contributed by atoms with van der Waals surface area (Å²) in [4.78, 5) is 38.0. The number of carbonyl (C=O) groups excluding carboxylic acids is 3. The molecule has 4 rings (SSSR count). The number of benzene rings is 1. The Morgan fingerprint density at radius 1 is 1.13 bits per heavy atom. The number of ether oxygens (including phenoxy) is 3. The standard InChI is InChI=1S/C15H14N2O6/c18-13-7-21-15(20)17(13)6-9-4-16(5-9)14(19)10-1-2-11-12(3-10)23-8-22-11/h1-3,9H,4-8H2. The topological polar surface area (TPSA) is 85.4 Å². The molecule has 3 amide bonds. The molecule has 120 valence electrons. The molecule has 8 heteroatoms. The van der Waals surface area contributed by atoms with Gasteiger partial charge in [-0.2, -0.15) is 0 Å². The van der Waals surface area contributed by atoms with Gasteiger partial charge in [-0.3, -0.25) is 9.59 Å². The lowest BCUT2D eigenvalue weighted by Gasteiger charge is -2.40. The summed E-state index contributed by atoms with van der Waals surface area (Å²) in [7, 11) is 0. The number of carbonyl (C=O) groups is 3. The minimum absolute atomic E-state index is 0.0857. The van der Waals surface area contributed by atoms with E-state index in [4.69, 9.17) is 9.47 Å². The van der Waals surface area contributed by atoms with Gasteiger partial charge in [0.25, 0.3) is 11.8 Å². The Bertz CT molecular complexity index is 681. The maximum absolute atomic E-state index is 12.4. The molecule has 23 heavy (non-hydrogen) atoms. The summed E-state index contributed by atoms with van der Waals surface area (Å²) in [6.07, 6.45) is -0.601. The minimum atomic E-state index is -0.601. The monoisotopic (exact) mass is 318 g/mol. The van der Waals surface area contributed by atoms with Gasteiger partial charge in [0.2, 0.25) is 6.79 Å². The van der Waals surface area contributed by atoms with Crippen molar-refractivity contribution in [2.24, 2.45) is 5.92 Å². The first kappa shape index (κ1) is 13.9. The van der Waals surface area contributed by atoms with E-state index in [0.29, 0.717) is 36.7 Å². The summed E-state index contributed by atoms with van der Waals surface area (Å²) in [6.45, 7) is 1.28. The maximum Gasteiger partial charge on any atom is 0.417 e. The molecule has 0 bridgehead atoms. The lowest BCUT2D eigenvalue weighted by molar-refractivity contribution is -0.126. The Labute approximate surface area is 131 Å². The largest absolute Gasteiger partial charge is 0.454 e. The van der Waals surface area contributed by atoms with Crippen molar-refractivity contribution in [2.45, 2.75) is 0 Å². The molecule has 0 aromatic heterocycles. The Balaban J connectivity index is 1.35. The van der Waals surface area contributed by atoms with Crippen LogP contribution < -0.4 is 9.47 Å². The molecule has 3 heterocycles. The van der Waals surface area contributed by atoms with Crippen molar-refractivity contribution in [1.82, 2.24) is 9.80 Å². The van der Waals surface area contributed by atoms with Crippen molar-refractivity contribution >= 4 is 17.9 Å². The molecule has 1 aromatic rings. The number of hydrogen-bond acceptors (Lipinski definition) is 6. The Morgan fingerprint density at radius 2 is 1.91 bits per heavy atom. The predicted octanol–water partition coefficient (Wildman–Crippen LogP) is 0.466. The van der Waals surface area contributed by atoms with E-state index in [2.05, 4.69) is 4.74 Å². The number of fused-ring (bicyclic) bond motifs is 1. The zero-order valence-electron chi connectivity index (χ0n) is 12.2. The molecule has 2 fully saturated rings. The Hall–Kier alpha value is -2.77. The lowest BCUT2D eigenvalue weighted by atomic mass is 9.98. The van der Waals surface area contributed by atoms with Crippen LogP contribution in [0.1, 0.15) is 10.4 Å². The van der Waals surface area contributed by atoms with Crippen LogP contribution in [-0.2, 0) is 9.53 Å². The average molecular weight is 318 g/mol. The molecule has 3 aliphatic rings. The third-order valence-electron chi connectivity index (χ3n) is 4.15. The van der Waals surface area contributed by atoms with Gasteiger partial charge in [-0.1, -0.05) is 0 Å². The molecule has 0 N–H and O–H groups in total. The van der Waals surface area contributed by atoms with E-state index in [9.17, 15) is 14.4 Å². The van der Waals surface area contributed by atoms with Crippen LogP contribution in [0.5, 0.6) is 11.5 Å². The van der Waals surface area contributed by atoms with Crippen LogP contribution in [0.3, 0.4) is 0 Å². The van der Waals surface area contributed by atoms with Crippen LogP contribution in [0.2, 0.25) is 0 Å². The number of imide groups is 1. The first-order valence-electron chi connectivity index (χ1n) is 7.28. The van der Waals surface area contributed by atoms with Gasteiger partial charge >= 0.3 is 6.09 Å². The van der Waals surface area contributed by atoms with Gasteiger partial charge in [-0.05, 0) is 18.2 Å². The molecule has 1 aromatic carbocycles. The Morgan fingerprint density at radius 3 is 2.65 bits per heavy atom. The summed E-state index contributed by atoms with van der Waals surface area (Å²) in [5, 5.41) is 0. The first-order chi connectivity index (χ1) is 11.1. The van der Waals surface area contributed by atoms with E-state index in [0.717, 1.165) is 4.90 Å². The van der Waals surface area contributed by atoms with Crippen LogP contribution in [0.25, 0.3) is 0 Å². The molecule has 0 saturated carbocycles. The van der Waals surface area contributed by atoms with Gasteiger partial charge in [0.1, 0.15) is 0 Å². The molecule has 3 aliphatic heterocycles. The van der Waals surface area contributed by atoms with E-state index in [-0.39, 0.29) is 31.1 Å². The van der Waals surface area contributed by atoms with Crippen molar-refractivity contribution in [3.8, 4) is 11.5 Å². The lowest BCUT2D eigenvalue weighted by Crippen LogP contribution is -2.54. The number of likely N-dealkylation sites (tertiary alicyclic amines) is 1. The van der Waals surface area contributed by atoms with Gasteiger partial charge in [-0.25, -0.2) is 9.69 Å². The van der Waals surface area contributed by atoms with Gasteiger partial charge < -0.3 is 19.1 Å². The van der Waals surface area contributed by atoms with Crippen LogP contribution in [0, 0.1) is 5.92 Å². The molecule has 0 unspecified atom stereocenters. The second kappa shape index (κ2) is 5.15. The maximum atomic E-state index is 12.4. The summed E-state index contributed by atoms with van der Waals surface area (Å²) in [5.74, 6) is 0.861. The molecule has 0 radical (unpaired) electrons. The van der Waals surface area contributed by atoms with E-state index < -0.39 is 6.09 Å². The van der Waals surface area contributed by atoms with Crippen LogP contribution in [0.15, 0.2) is 18.2 Å². The summed E-state index contributed by atoms with van der Waals surface area (Å²) < 4.78 is 15.1. The fourth-order valence-corrected chi connectivity index (χ4v) is 2.88. The molecular formula is C15H14N2O6. The minimum Gasteiger partial charge on any atom is -0.454 e. The van der Waals surface area contributed by atoms with E-state index in [1.165, 1.54) is 0 Å². The Kier molecular flexibility index (Phi) is 3.10. The molecular weight excluding hydrogens is 304 g/mol. The fraction of sp³-hybridized carbons (Fsp3) is 0.400. The molecule has 2 saturated heterocycles. The number of nitrogens with zero attached hydrogens (tertiary/aromatic N) is 2. The highest BCUT2D eigenvalue weighted by atomic mass is 16.7. The van der Waals surface area contributed by atoms with E-state index >= 15 is 0 Å². The second-order valence-corrected chi connectivity index (χ2v) is 5.70. The van der Waals surface area contributed by atoms with Crippen LogP contribution in [-0.4, -0.2) is 60.7 Å². The van der Waals surface area contributed by atoms with Crippen molar-refractivity contribution in [2.75, 3.05) is 33.0 Å². The van der Waals surface area contributed by atoms with Crippen molar-refractivity contribution in [3.05, 3.63) is 23.8 Å². The number of amides is 3. The zero-order chi connectivity index (χ0) is 16.0. The van der Waals surface area contributed by atoms with Gasteiger partial charge in [0, 0.05) is 31.1 Å². The number of cyclic esters (lactones) is 1. The summed E-state index contributed by atoms with van der Waals surface area (Å²) in [5.41, 5.74) is 0.532. The third-order valence-corrected chi connectivity index (χ3v) is 4.15. The third kappa shape index (κ3) is 2.36. The van der Waals surface area contributed by atoms with Crippen molar-refractivity contribution in [1.29, 1.82) is 0 Å². The van der Waals surface area contributed by atoms with Gasteiger partial charge in [0.15, 0.2) is 18.1 Å². The molecule has 0 spiro atoms. The fourth-order valence-electron chi connectivity index (χ4n) is 2.88. The smallest absolute Gasteiger partial charge is 0.417 e. The number of hydrogen-bond donors (Lipinski definition) is 0. The quantitative estimate of drug-likeness (QED) is 0.805. The summed E-state index contributed by atoms with van der Waals surface area (Å²) >= 11 is 0. The second-order valence-electron chi connectivity index (χ2n) is 5.70. The van der Waals surface area contributed by atoms with E-state index in [1.54, 1.807) is 23.1 Å². The summed E-state index contributed by atoms with van der Waals surface area (Å²) in [6, 6.07) is 5.08. The SMILES string of the molecule is O=C(c1ccc2c(c1)OCO2)N1CC(CN2C(=O)COC2=O)C1. The van der Waals surface area contributed by atoms with Crippen LogP contribution in [0.4, 0.5) is 4.79 Å². The zero-order valence-corrected chi connectivity index (χ0v) is 12.2. The van der Waals surface area contributed by atoms with Crippen LogP contribution >= 0.6 is 0 Å². The highest BCUT2D eigenvalue weighted by Gasteiger charge is 2.38. The van der Waals surface area contributed by atoms with Gasteiger partial charge in [0.05, 0.1) is 0 Å². The van der Waals surface area contributed by atoms with Crippen molar-refractivity contribution < 1.29 is 28.6 Å². The highest BCUT2D eigenvalue weighted by molar-refractivity contribution is 5.98. The van der Waals surface area contributed by atoms with Gasteiger partial charge in [-0.15, -0.1) is 0 Å². The molecule has 0 atom stereocenters. The van der Waals surface area contributed by atoms with E-state index in [1.807, 2.05) is 0 Å². The first-order valence-corrected chi connectivity index (χ1v) is 7.28. The normalized spacial score (nSPS) is 19.8. The highest BCUT2D eigenvalue weighted by Crippen LogP contribution is 2.33. The number of rotatable bonds is 3. The average Bonchev–Trinajstić information content (AvgIpc) is 3.09.